The molecule has 20 heavy (non-hydrogen) atoms. The summed E-state index contributed by atoms with van der Waals surface area (Å²) in [4.78, 5) is 4.35. The van der Waals surface area contributed by atoms with Gasteiger partial charge in [-0.05, 0) is 25.1 Å². The van der Waals surface area contributed by atoms with Crippen LogP contribution in [0.5, 0.6) is 5.75 Å². The number of nitrogens with zero attached hydrogens (tertiary/aromatic N) is 2. The molecule has 1 aliphatic rings. The van der Waals surface area contributed by atoms with Crippen molar-refractivity contribution in [2.45, 2.75) is 18.8 Å². The second-order valence-corrected chi connectivity index (χ2v) is 6.40. The molecule has 5 heteroatoms. The third kappa shape index (κ3) is 2.36. The van der Waals surface area contributed by atoms with Gasteiger partial charge in [0.2, 0.25) is 0 Å². The minimum Gasteiger partial charge on any atom is -0.497 e. The third-order valence-corrected chi connectivity index (χ3v) is 4.45. The van der Waals surface area contributed by atoms with Gasteiger partial charge in [0, 0.05) is 34.4 Å². The molecule has 0 spiro atoms. The highest BCUT2D eigenvalue weighted by Crippen LogP contribution is 2.33. The fourth-order valence-electron chi connectivity index (χ4n) is 2.79. The molecule has 0 amide bonds. The number of ether oxygens (including phenoxy) is 1. The van der Waals surface area contributed by atoms with Crippen LogP contribution in [0, 0.1) is 0 Å². The number of halogens is 1. The Morgan fingerprint density at radius 2 is 2.25 bits per heavy atom. The maximum atomic E-state index is 5.35. The second-order valence-electron chi connectivity index (χ2n) is 5.49. The third-order valence-electron chi connectivity index (χ3n) is 4.00. The standard InChI is InChI=1S/C15H18BrN3O/c1-15(3-4-17-9-15)14-8-18-10-19(14)12-5-11(16)6-13(7-12)20-2/h5-8,10,17H,3-4,9H2,1-2H3. The lowest BCUT2D eigenvalue weighted by molar-refractivity contribution is 0.414. The normalized spacial score (nSPS) is 22.1. The quantitative estimate of drug-likeness (QED) is 0.937. The number of nitrogens with one attached hydrogen (secondary N) is 1. The second kappa shape index (κ2) is 5.22. The molecule has 1 fully saturated rings. The molecule has 1 aromatic heterocycles. The summed E-state index contributed by atoms with van der Waals surface area (Å²) in [5.41, 5.74) is 2.44. The van der Waals surface area contributed by atoms with Crippen LogP contribution < -0.4 is 10.1 Å². The van der Waals surface area contributed by atoms with E-state index in [1.807, 2.05) is 24.7 Å². The molecule has 1 saturated heterocycles. The molecular formula is C15H18BrN3O. The van der Waals surface area contributed by atoms with Crippen molar-refractivity contribution in [3.8, 4) is 11.4 Å². The average Bonchev–Trinajstić information content (AvgIpc) is 3.07. The summed E-state index contributed by atoms with van der Waals surface area (Å²) < 4.78 is 8.50. The molecule has 0 aliphatic carbocycles. The molecule has 0 saturated carbocycles. The summed E-state index contributed by atoms with van der Waals surface area (Å²) in [5, 5.41) is 3.44. The Morgan fingerprint density at radius 3 is 2.95 bits per heavy atom. The van der Waals surface area contributed by atoms with Gasteiger partial charge in [-0.1, -0.05) is 22.9 Å². The van der Waals surface area contributed by atoms with Gasteiger partial charge in [-0.2, -0.15) is 0 Å². The minimum absolute atomic E-state index is 0.131. The molecule has 1 atom stereocenters. The molecule has 106 valence electrons. The van der Waals surface area contributed by atoms with Crippen molar-refractivity contribution in [1.82, 2.24) is 14.9 Å². The van der Waals surface area contributed by atoms with E-state index in [0.717, 1.165) is 35.4 Å². The zero-order chi connectivity index (χ0) is 14.2. The molecule has 3 rings (SSSR count). The largest absolute Gasteiger partial charge is 0.497 e. The van der Waals surface area contributed by atoms with Crippen LogP contribution in [0.25, 0.3) is 5.69 Å². The summed E-state index contributed by atoms with van der Waals surface area (Å²) in [6, 6.07) is 6.07. The number of benzene rings is 1. The van der Waals surface area contributed by atoms with Crippen LogP contribution in [0.3, 0.4) is 0 Å². The Hall–Kier alpha value is -1.33. The van der Waals surface area contributed by atoms with E-state index in [-0.39, 0.29) is 5.41 Å². The molecule has 1 aliphatic heterocycles. The molecule has 1 unspecified atom stereocenters. The molecular weight excluding hydrogens is 318 g/mol. The highest BCUT2D eigenvalue weighted by atomic mass is 79.9. The van der Waals surface area contributed by atoms with Crippen molar-refractivity contribution >= 4 is 15.9 Å². The first kappa shape index (κ1) is 13.6. The average molecular weight is 336 g/mol. The summed E-state index contributed by atoms with van der Waals surface area (Å²) in [7, 11) is 1.68. The first-order chi connectivity index (χ1) is 9.62. The predicted octanol–water partition coefficient (Wildman–Crippen LogP) is 2.89. The van der Waals surface area contributed by atoms with Gasteiger partial charge >= 0.3 is 0 Å². The molecule has 2 aromatic rings. The number of imidazole rings is 1. The van der Waals surface area contributed by atoms with Crippen LogP contribution in [0.4, 0.5) is 0 Å². The van der Waals surface area contributed by atoms with Gasteiger partial charge in [0.15, 0.2) is 0 Å². The van der Waals surface area contributed by atoms with E-state index in [2.05, 4.69) is 43.8 Å². The lowest BCUT2D eigenvalue weighted by Gasteiger charge is -2.24. The highest BCUT2D eigenvalue weighted by molar-refractivity contribution is 9.10. The summed E-state index contributed by atoms with van der Waals surface area (Å²) >= 11 is 3.53. The van der Waals surface area contributed by atoms with Gasteiger partial charge < -0.3 is 14.6 Å². The Kier molecular flexibility index (Phi) is 3.56. The van der Waals surface area contributed by atoms with Gasteiger partial charge in [0.05, 0.1) is 19.1 Å². The fourth-order valence-corrected chi connectivity index (χ4v) is 3.25. The van der Waals surface area contributed by atoms with Crippen molar-refractivity contribution in [3.05, 3.63) is 40.9 Å². The van der Waals surface area contributed by atoms with Crippen LogP contribution in [-0.2, 0) is 5.41 Å². The topological polar surface area (TPSA) is 39.1 Å². The Balaban J connectivity index is 2.07. The maximum absolute atomic E-state index is 5.35. The Morgan fingerprint density at radius 1 is 1.40 bits per heavy atom. The number of rotatable bonds is 3. The number of aromatic nitrogens is 2. The highest BCUT2D eigenvalue weighted by Gasteiger charge is 2.33. The van der Waals surface area contributed by atoms with Crippen LogP contribution in [0.2, 0.25) is 0 Å². The predicted molar refractivity (Wildman–Crippen MR) is 82.7 cm³/mol. The van der Waals surface area contributed by atoms with Crippen LogP contribution in [0.15, 0.2) is 35.2 Å². The zero-order valence-corrected chi connectivity index (χ0v) is 13.3. The fraction of sp³-hybridized carbons (Fsp3) is 0.400. The summed E-state index contributed by atoms with van der Waals surface area (Å²) in [6.45, 7) is 4.34. The SMILES string of the molecule is COc1cc(Br)cc(-n2cncc2C2(C)CCNC2)c1. The Labute approximate surface area is 127 Å². The van der Waals surface area contributed by atoms with E-state index in [4.69, 9.17) is 4.74 Å². The maximum Gasteiger partial charge on any atom is 0.122 e. The van der Waals surface area contributed by atoms with E-state index in [9.17, 15) is 0 Å². The van der Waals surface area contributed by atoms with Crippen molar-refractivity contribution < 1.29 is 4.74 Å². The van der Waals surface area contributed by atoms with Crippen LogP contribution in [-0.4, -0.2) is 29.8 Å². The monoisotopic (exact) mass is 335 g/mol. The summed E-state index contributed by atoms with van der Waals surface area (Å²) in [5.74, 6) is 0.837. The number of hydrogen-bond donors (Lipinski definition) is 1. The van der Waals surface area contributed by atoms with Gasteiger partial charge in [-0.15, -0.1) is 0 Å². The first-order valence-corrected chi connectivity index (χ1v) is 7.50. The number of methoxy groups -OCH3 is 1. The van der Waals surface area contributed by atoms with Crippen molar-refractivity contribution in [2.24, 2.45) is 0 Å². The first-order valence-electron chi connectivity index (χ1n) is 6.71. The summed E-state index contributed by atoms with van der Waals surface area (Å²) in [6.07, 6.45) is 4.98. The molecule has 1 aromatic carbocycles. The molecule has 2 heterocycles. The van der Waals surface area contributed by atoms with Crippen molar-refractivity contribution in [3.63, 3.8) is 0 Å². The van der Waals surface area contributed by atoms with Crippen LogP contribution in [0.1, 0.15) is 19.0 Å². The minimum atomic E-state index is 0.131. The number of hydrogen-bond acceptors (Lipinski definition) is 3. The van der Waals surface area contributed by atoms with Gasteiger partial charge in [-0.25, -0.2) is 4.98 Å². The van der Waals surface area contributed by atoms with E-state index >= 15 is 0 Å². The molecule has 1 N–H and O–H groups in total. The van der Waals surface area contributed by atoms with Crippen molar-refractivity contribution in [1.29, 1.82) is 0 Å². The van der Waals surface area contributed by atoms with E-state index < -0.39 is 0 Å². The van der Waals surface area contributed by atoms with E-state index in [0.29, 0.717) is 0 Å². The van der Waals surface area contributed by atoms with E-state index in [1.54, 1.807) is 7.11 Å². The zero-order valence-electron chi connectivity index (χ0n) is 11.7. The lowest BCUT2D eigenvalue weighted by atomic mass is 9.86. The smallest absolute Gasteiger partial charge is 0.122 e. The molecule has 4 nitrogen and oxygen atoms in total. The lowest BCUT2D eigenvalue weighted by Crippen LogP contribution is -2.27. The Bertz CT molecular complexity index is 617. The molecule has 0 radical (unpaired) electrons. The van der Waals surface area contributed by atoms with Crippen LogP contribution >= 0.6 is 15.9 Å². The van der Waals surface area contributed by atoms with Gasteiger partial charge in [0.1, 0.15) is 5.75 Å². The van der Waals surface area contributed by atoms with E-state index in [1.165, 1.54) is 5.69 Å². The molecule has 0 bridgehead atoms. The van der Waals surface area contributed by atoms with Gasteiger partial charge in [-0.3, -0.25) is 0 Å². The van der Waals surface area contributed by atoms with Gasteiger partial charge in [0.25, 0.3) is 0 Å². The van der Waals surface area contributed by atoms with Crippen molar-refractivity contribution in [2.75, 3.05) is 20.2 Å².